The third-order valence-corrected chi connectivity index (χ3v) is 3.15. The highest BCUT2D eigenvalue weighted by Gasteiger charge is 2.24. The normalized spacial score (nSPS) is 10.1. The largest absolute Gasteiger partial charge is 0.372 e. The van der Waals surface area contributed by atoms with Crippen molar-refractivity contribution in [2.75, 3.05) is 19.0 Å². The molecule has 7 nitrogen and oxygen atoms in total. The number of hydrogen-bond acceptors (Lipinski definition) is 6. The number of benzene rings is 2. The Balaban J connectivity index is 2.65. The number of nitrogens with zero attached hydrogens (tertiary/aromatic N) is 3. The van der Waals surface area contributed by atoms with Crippen LogP contribution in [0.15, 0.2) is 47.6 Å². The number of nitro groups is 1. The predicted molar refractivity (Wildman–Crippen MR) is 82.8 cm³/mol. The molecule has 22 heavy (non-hydrogen) atoms. The van der Waals surface area contributed by atoms with E-state index < -0.39 is 10.7 Å². The standard InChI is InChI=1S/C15H13N3O4/c1-17(2)13-8-11(12(16-20)9-14(13)18(21)22)15(19)10-6-4-3-5-7-10/h3-9H,1-2H3. The molecule has 112 valence electrons. The third kappa shape index (κ3) is 2.83. The fraction of sp³-hybridized carbons (Fsp3) is 0.133. The fourth-order valence-electron chi connectivity index (χ4n) is 2.07. The second kappa shape index (κ2) is 6.13. The zero-order valence-electron chi connectivity index (χ0n) is 12.0. The minimum Gasteiger partial charge on any atom is -0.372 e. The molecule has 0 unspecified atom stereocenters. The van der Waals surface area contributed by atoms with Crippen LogP contribution in [0.2, 0.25) is 0 Å². The van der Waals surface area contributed by atoms with Gasteiger partial charge in [0.15, 0.2) is 5.78 Å². The molecule has 0 saturated carbocycles. The maximum Gasteiger partial charge on any atom is 0.294 e. The maximum atomic E-state index is 12.5. The number of carbonyl (C=O) groups is 1. The Hall–Kier alpha value is -3.09. The van der Waals surface area contributed by atoms with E-state index in [1.165, 1.54) is 11.0 Å². The van der Waals surface area contributed by atoms with Crippen molar-refractivity contribution >= 4 is 22.8 Å². The van der Waals surface area contributed by atoms with Crippen LogP contribution in [0.1, 0.15) is 15.9 Å². The van der Waals surface area contributed by atoms with E-state index in [0.29, 0.717) is 5.56 Å². The van der Waals surface area contributed by atoms with Crippen LogP contribution in [0.25, 0.3) is 0 Å². The van der Waals surface area contributed by atoms with Crippen LogP contribution in [-0.2, 0) is 0 Å². The molecule has 0 spiro atoms. The van der Waals surface area contributed by atoms with Gasteiger partial charge in [0.2, 0.25) is 0 Å². The Kier molecular flexibility index (Phi) is 4.26. The number of ketones is 1. The third-order valence-electron chi connectivity index (χ3n) is 3.15. The second-order valence-electron chi connectivity index (χ2n) is 4.80. The van der Waals surface area contributed by atoms with Crippen LogP contribution in [-0.4, -0.2) is 24.8 Å². The van der Waals surface area contributed by atoms with Gasteiger partial charge in [-0.1, -0.05) is 30.3 Å². The van der Waals surface area contributed by atoms with E-state index >= 15 is 0 Å². The van der Waals surface area contributed by atoms with E-state index in [-0.39, 0.29) is 22.6 Å². The number of nitro benzene ring substituents is 1. The van der Waals surface area contributed by atoms with Crippen LogP contribution in [0.3, 0.4) is 0 Å². The Morgan fingerprint density at radius 2 is 1.82 bits per heavy atom. The smallest absolute Gasteiger partial charge is 0.294 e. The molecule has 0 saturated heterocycles. The minimum absolute atomic E-state index is 0.0375. The summed E-state index contributed by atoms with van der Waals surface area (Å²) in [5, 5.41) is 13.9. The van der Waals surface area contributed by atoms with E-state index in [1.807, 2.05) is 0 Å². The van der Waals surface area contributed by atoms with Gasteiger partial charge in [0.1, 0.15) is 11.4 Å². The predicted octanol–water partition coefficient (Wildman–Crippen LogP) is 3.29. The lowest BCUT2D eigenvalue weighted by Crippen LogP contribution is -2.13. The summed E-state index contributed by atoms with van der Waals surface area (Å²) >= 11 is 0. The van der Waals surface area contributed by atoms with E-state index in [4.69, 9.17) is 0 Å². The molecule has 7 heteroatoms. The lowest BCUT2D eigenvalue weighted by atomic mass is 10.00. The van der Waals surface area contributed by atoms with Crippen LogP contribution >= 0.6 is 0 Å². The monoisotopic (exact) mass is 299 g/mol. The molecule has 0 amide bonds. The van der Waals surface area contributed by atoms with Crippen molar-refractivity contribution in [2.45, 2.75) is 0 Å². The van der Waals surface area contributed by atoms with Crippen molar-refractivity contribution in [1.29, 1.82) is 0 Å². The average molecular weight is 299 g/mol. The fourth-order valence-corrected chi connectivity index (χ4v) is 2.07. The molecular formula is C15H13N3O4. The Labute approximate surface area is 126 Å². The molecule has 0 heterocycles. The van der Waals surface area contributed by atoms with Gasteiger partial charge in [-0.05, 0) is 11.2 Å². The van der Waals surface area contributed by atoms with E-state index in [2.05, 4.69) is 5.18 Å². The molecule has 0 aromatic heterocycles. The summed E-state index contributed by atoms with van der Waals surface area (Å²) in [6.07, 6.45) is 0. The molecular weight excluding hydrogens is 286 g/mol. The van der Waals surface area contributed by atoms with Crippen molar-refractivity contribution in [1.82, 2.24) is 0 Å². The van der Waals surface area contributed by atoms with E-state index in [9.17, 15) is 19.8 Å². The molecule has 2 aromatic rings. The van der Waals surface area contributed by atoms with Crippen LogP contribution < -0.4 is 4.90 Å². The summed E-state index contributed by atoms with van der Waals surface area (Å²) in [6, 6.07) is 10.7. The lowest BCUT2D eigenvalue weighted by Gasteiger charge is -2.14. The first-order valence-electron chi connectivity index (χ1n) is 6.38. The molecule has 0 N–H and O–H groups in total. The molecule has 0 fully saturated rings. The van der Waals surface area contributed by atoms with Crippen molar-refractivity contribution in [3.05, 3.63) is 68.6 Å². The van der Waals surface area contributed by atoms with Crippen LogP contribution in [0, 0.1) is 15.0 Å². The van der Waals surface area contributed by atoms with Gasteiger partial charge in [-0.15, -0.1) is 4.91 Å². The highest BCUT2D eigenvalue weighted by Crippen LogP contribution is 2.35. The van der Waals surface area contributed by atoms with Gasteiger partial charge in [-0.25, -0.2) is 0 Å². The van der Waals surface area contributed by atoms with Gasteiger partial charge < -0.3 is 4.90 Å². The number of rotatable bonds is 5. The van der Waals surface area contributed by atoms with Crippen molar-refractivity contribution in [3.63, 3.8) is 0 Å². The molecule has 0 atom stereocenters. The van der Waals surface area contributed by atoms with E-state index in [0.717, 1.165) is 6.07 Å². The van der Waals surface area contributed by atoms with Gasteiger partial charge in [0.25, 0.3) is 5.69 Å². The molecule has 0 aliphatic heterocycles. The van der Waals surface area contributed by atoms with Gasteiger partial charge in [0, 0.05) is 25.7 Å². The summed E-state index contributed by atoms with van der Waals surface area (Å²) in [5.41, 5.74) is 0.133. The van der Waals surface area contributed by atoms with Gasteiger partial charge in [-0.2, -0.15) is 0 Å². The zero-order chi connectivity index (χ0) is 16.3. The lowest BCUT2D eigenvalue weighted by molar-refractivity contribution is -0.384. The molecule has 0 radical (unpaired) electrons. The second-order valence-corrected chi connectivity index (χ2v) is 4.80. The summed E-state index contributed by atoms with van der Waals surface area (Å²) in [5.74, 6) is -0.409. The summed E-state index contributed by atoms with van der Waals surface area (Å²) in [6.45, 7) is 0. The Morgan fingerprint density at radius 3 is 2.32 bits per heavy atom. The molecule has 0 aliphatic carbocycles. The number of nitroso groups, excluding NO2 is 1. The molecule has 2 rings (SSSR count). The summed E-state index contributed by atoms with van der Waals surface area (Å²) in [4.78, 5) is 35.5. The Morgan fingerprint density at radius 1 is 1.18 bits per heavy atom. The SMILES string of the molecule is CN(C)c1cc(C(=O)c2ccccc2)c(N=O)cc1[N+](=O)[O-]. The number of anilines is 1. The minimum atomic E-state index is -0.610. The van der Waals surface area contributed by atoms with Crippen molar-refractivity contribution in [2.24, 2.45) is 5.18 Å². The zero-order valence-corrected chi connectivity index (χ0v) is 12.0. The molecule has 0 aliphatic rings. The first kappa shape index (κ1) is 15.3. The van der Waals surface area contributed by atoms with Gasteiger partial charge in [-0.3, -0.25) is 14.9 Å². The summed E-state index contributed by atoms with van der Waals surface area (Å²) in [7, 11) is 3.24. The highest BCUT2D eigenvalue weighted by molar-refractivity contribution is 6.13. The highest BCUT2D eigenvalue weighted by atomic mass is 16.6. The summed E-state index contributed by atoms with van der Waals surface area (Å²) < 4.78 is 0. The van der Waals surface area contributed by atoms with Crippen LogP contribution in [0.4, 0.5) is 17.1 Å². The van der Waals surface area contributed by atoms with Gasteiger partial charge >= 0.3 is 0 Å². The first-order chi connectivity index (χ1) is 10.5. The van der Waals surface area contributed by atoms with Crippen LogP contribution in [0.5, 0.6) is 0 Å². The maximum absolute atomic E-state index is 12.5. The molecule has 0 bridgehead atoms. The van der Waals surface area contributed by atoms with E-state index in [1.54, 1.807) is 44.4 Å². The van der Waals surface area contributed by atoms with Crippen molar-refractivity contribution < 1.29 is 9.72 Å². The number of hydrogen-bond donors (Lipinski definition) is 0. The molecule has 2 aromatic carbocycles. The quantitative estimate of drug-likeness (QED) is 0.365. The first-order valence-corrected chi connectivity index (χ1v) is 6.38. The number of carbonyl (C=O) groups excluding carboxylic acids is 1. The van der Waals surface area contributed by atoms with Gasteiger partial charge in [0.05, 0.1) is 10.5 Å². The average Bonchev–Trinajstić information content (AvgIpc) is 2.53. The topological polar surface area (TPSA) is 92.9 Å². The van der Waals surface area contributed by atoms with Crippen molar-refractivity contribution in [3.8, 4) is 0 Å². The Bertz CT molecular complexity index is 742.